The molecule has 0 saturated carbocycles. The van der Waals surface area contributed by atoms with Crippen molar-refractivity contribution in [1.82, 2.24) is 9.55 Å². The van der Waals surface area contributed by atoms with Crippen LogP contribution in [0.2, 0.25) is 0 Å². The van der Waals surface area contributed by atoms with E-state index in [2.05, 4.69) is 28.1 Å². The molecule has 108 valence electrons. The van der Waals surface area contributed by atoms with Gasteiger partial charge in [0.2, 0.25) is 0 Å². The summed E-state index contributed by atoms with van der Waals surface area (Å²) in [5.74, 6) is 0.971. The number of anilines is 1. The van der Waals surface area contributed by atoms with E-state index in [1.165, 1.54) is 0 Å². The Balaban J connectivity index is 2.21. The second-order valence-corrected chi connectivity index (χ2v) is 4.86. The zero-order valence-corrected chi connectivity index (χ0v) is 12.3. The summed E-state index contributed by atoms with van der Waals surface area (Å²) in [4.78, 5) is 4.81. The summed E-state index contributed by atoms with van der Waals surface area (Å²) in [6.45, 7) is 1.44. The molecule has 0 radical (unpaired) electrons. The standard InChI is InChI=1S/C17H19N3O/c1-18-14-8-4-3-7-13(14)17-19-15-9-5-6-10-16(15)20(17)11-12-21-2/h3-10,18H,11-12H2,1-2H3. The minimum absolute atomic E-state index is 0.662. The molecule has 0 aliphatic heterocycles. The number of hydrogen-bond donors (Lipinski definition) is 1. The van der Waals surface area contributed by atoms with Gasteiger partial charge in [-0.05, 0) is 24.3 Å². The molecular weight excluding hydrogens is 262 g/mol. The number of methoxy groups -OCH3 is 1. The zero-order chi connectivity index (χ0) is 14.7. The molecule has 0 aliphatic rings. The SMILES string of the molecule is CNc1ccccc1-c1nc2ccccc2n1CCOC. The van der Waals surface area contributed by atoms with E-state index in [0.717, 1.165) is 34.7 Å². The van der Waals surface area contributed by atoms with Crippen LogP contribution in [0, 0.1) is 0 Å². The number of nitrogens with one attached hydrogen (secondary N) is 1. The lowest BCUT2D eigenvalue weighted by molar-refractivity contribution is 0.188. The van der Waals surface area contributed by atoms with Crippen molar-refractivity contribution in [3.8, 4) is 11.4 Å². The summed E-state index contributed by atoms with van der Waals surface area (Å²) in [5.41, 5.74) is 4.32. The van der Waals surface area contributed by atoms with Gasteiger partial charge in [0.25, 0.3) is 0 Å². The Morgan fingerprint density at radius 2 is 1.86 bits per heavy atom. The Labute approximate surface area is 124 Å². The Bertz CT molecular complexity index is 749. The molecule has 0 amide bonds. The molecule has 0 bridgehead atoms. The Kier molecular flexibility index (Phi) is 3.88. The maximum absolute atomic E-state index is 5.25. The lowest BCUT2D eigenvalue weighted by atomic mass is 10.1. The molecule has 0 saturated heterocycles. The van der Waals surface area contributed by atoms with Crippen molar-refractivity contribution in [2.75, 3.05) is 26.1 Å². The van der Waals surface area contributed by atoms with E-state index >= 15 is 0 Å². The van der Waals surface area contributed by atoms with E-state index in [1.807, 2.05) is 37.4 Å². The number of rotatable bonds is 5. The zero-order valence-electron chi connectivity index (χ0n) is 12.3. The molecule has 0 aliphatic carbocycles. The summed E-state index contributed by atoms with van der Waals surface area (Å²) in [5, 5.41) is 3.24. The number of ether oxygens (including phenoxy) is 1. The minimum atomic E-state index is 0.662. The van der Waals surface area contributed by atoms with Crippen molar-refractivity contribution < 1.29 is 4.74 Å². The highest BCUT2D eigenvalue weighted by atomic mass is 16.5. The summed E-state index contributed by atoms with van der Waals surface area (Å²) in [6, 6.07) is 16.4. The Hall–Kier alpha value is -2.33. The molecular formula is C17H19N3O. The summed E-state index contributed by atoms with van der Waals surface area (Å²) in [6.07, 6.45) is 0. The molecule has 2 aromatic carbocycles. The van der Waals surface area contributed by atoms with Crippen molar-refractivity contribution in [3.63, 3.8) is 0 Å². The van der Waals surface area contributed by atoms with Gasteiger partial charge >= 0.3 is 0 Å². The van der Waals surface area contributed by atoms with E-state index in [0.29, 0.717) is 6.61 Å². The summed E-state index contributed by atoms with van der Waals surface area (Å²) < 4.78 is 7.46. The number of imidazole rings is 1. The van der Waals surface area contributed by atoms with Crippen LogP contribution < -0.4 is 5.32 Å². The van der Waals surface area contributed by atoms with Crippen LogP contribution in [-0.2, 0) is 11.3 Å². The fourth-order valence-corrected chi connectivity index (χ4v) is 2.59. The van der Waals surface area contributed by atoms with Gasteiger partial charge in [-0.2, -0.15) is 0 Å². The number of fused-ring (bicyclic) bond motifs is 1. The molecule has 4 heteroatoms. The quantitative estimate of drug-likeness (QED) is 0.779. The monoisotopic (exact) mass is 281 g/mol. The molecule has 3 rings (SSSR count). The fraction of sp³-hybridized carbons (Fsp3) is 0.235. The fourth-order valence-electron chi connectivity index (χ4n) is 2.59. The first-order valence-corrected chi connectivity index (χ1v) is 7.06. The van der Waals surface area contributed by atoms with Gasteiger partial charge in [-0.1, -0.05) is 24.3 Å². The smallest absolute Gasteiger partial charge is 0.143 e. The lowest BCUT2D eigenvalue weighted by Crippen LogP contribution is -2.06. The maximum Gasteiger partial charge on any atom is 0.143 e. The van der Waals surface area contributed by atoms with Crippen LogP contribution in [0.1, 0.15) is 0 Å². The number of hydrogen-bond acceptors (Lipinski definition) is 3. The van der Waals surface area contributed by atoms with E-state index in [9.17, 15) is 0 Å². The van der Waals surface area contributed by atoms with Gasteiger partial charge in [-0.3, -0.25) is 0 Å². The maximum atomic E-state index is 5.25. The van der Waals surface area contributed by atoms with Gasteiger partial charge < -0.3 is 14.6 Å². The highest BCUT2D eigenvalue weighted by molar-refractivity contribution is 5.84. The van der Waals surface area contributed by atoms with Gasteiger partial charge in [0.1, 0.15) is 5.82 Å². The van der Waals surface area contributed by atoms with Crippen LogP contribution in [-0.4, -0.2) is 30.3 Å². The lowest BCUT2D eigenvalue weighted by Gasteiger charge is -2.12. The average Bonchev–Trinajstić information content (AvgIpc) is 2.91. The molecule has 1 heterocycles. The number of benzene rings is 2. The third-order valence-electron chi connectivity index (χ3n) is 3.61. The van der Waals surface area contributed by atoms with Gasteiger partial charge in [0.15, 0.2) is 0 Å². The molecule has 0 fully saturated rings. The van der Waals surface area contributed by atoms with E-state index in [4.69, 9.17) is 9.72 Å². The average molecular weight is 281 g/mol. The number of aromatic nitrogens is 2. The third-order valence-corrected chi connectivity index (χ3v) is 3.61. The normalized spacial score (nSPS) is 11.0. The van der Waals surface area contributed by atoms with Gasteiger partial charge in [0.05, 0.1) is 17.6 Å². The van der Waals surface area contributed by atoms with Gasteiger partial charge in [0, 0.05) is 32.0 Å². The first-order valence-electron chi connectivity index (χ1n) is 7.06. The second kappa shape index (κ2) is 5.97. The van der Waals surface area contributed by atoms with Gasteiger partial charge in [-0.15, -0.1) is 0 Å². The molecule has 0 spiro atoms. The molecule has 0 unspecified atom stereocenters. The van der Waals surface area contributed by atoms with E-state index in [1.54, 1.807) is 7.11 Å². The molecule has 4 nitrogen and oxygen atoms in total. The highest BCUT2D eigenvalue weighted by Crippen LogP contribution is 2.30. The molecule has 1 aromatic heterocycles. The minimum Gasteiger partial charge on any atom is -0.388 e. The van der Waals surface area contributed by atoms with Crippen LogP contribution in [0.15, 0.2) is 48.5 Å². The number of nitrogens with zero attached hydrogens (tertiary/aromatic N) is 2. The first-order chi connectivity index (χ1) is 10.3. The van der Waals surface area contributed by atoms with Crippen molar-refractivity contribution in [1.29, 1.82) is 0 Å². The van der Waals surface area contributed by atoms with Crippen molar-refractivity contribution in [2.45, 2.75) is 6.54 Å². The van der Waals surface area contributed by atoms with Crippen LogP contribution in [0.5, 0.6) is 0 Å². The highest BCUT2D eigenvalue weighted by Gasteiger charge is 2.14. The van der Waals surface area contributed by atoms with Crippen LogP contribution in [0.4, 0.5) is 5.69 Å². The van der Waals surface area contributed by atoms with Gasteiger partial charge in [-0.25, -0.2) is 4.98 Å². The van der Waals surface area contributed by atoms with Crippen LogP contribution >= 0.6 is 0 Å². The third kappa shape index (κ3) is 2.50. The summed E-state index contributed by atoms with van der Waals surface area (Å²) >= 11 is 0. The second-order valence-electron chi connectivity index (χ2n) is 4.86. The van der Waals surface area contributed by atoms with E-state index < -0.39 is 0 Å². The van der Waals surface area contributed by atoms with E-state index in [-0.39, 0.29) is 0 Å². The number of para-hydroxylation sites is 3. The molecule has 3 aromatic rings. The topological polar surface area (TPSA) is 39.1 Å². The predicted octanol–water partition coefficient (Wildman–Crippen LogP) is 3.39. The largest absolute Gasteiger partial charge is 0.388 e. The van der Waals surface area contributed by atoms with Crippen LogP contribution in [0.3, 0.4) is 0 Å². The molecule has 21 heavy (non-hydrogen) atoms. The first kappa shape index (κ1) is 13.6. The predicted molar refractivity (Wildman–Crippen MR) is 86.6 cm³/mol. The van der Waals surface area contributed by atoms with Crippen molar-refractivity contribution >= 4 is 16.7 Å². The molecule has 1 N–H and O–H groups in total. The Morgan fingerprint density at radius 3 is 2.67 bits per heavy atom. The van der Waals surface area contributed by atoms with Crippen molar-refractivity contribution in [3.05, 3.63) is 48.5 Å². The Morgan fingerprint density at radius 1 is 1.10 bits per heavy atom. The van der Waals surface area contributed by atoms with Crippen LogP contribution in [0.25, 0.3) is 22.4 Å². The summed E-state index contributed by atoms with van der Waals surface area (Å²) in [7, 11) is 3.65. The molecule has 0 atom stereocenters. The van der Waals surface area contributed by atoms with Crippen molar-refractivity contribution in [2.24, 2.45) is 0 Å².